The predicted molar refractivity (Wildman–Crippen MR) is 131 cm³/mol. The molecule has 1 aliphatic heterocycles. The van der Waals surface area contributed by atoms with Crippen molar-refractivity contribution in [2.75, 3.05) is 11.4 Å². The molecule has 10 nitrogen and oxygen atoms in total. The van der Waals surface area contributed by atoms with Crippen molar-refractivity contribution in [3.63, 3.8) is 0 Å². The number of hydrogen-bond donors (Lipinski definition) is 2. The van der Waals surface area contributed by atoms with E-state index in [9.17, 15) is 31.5 Å². The summed E-state index contributed by atoms with van der Waals surface area (Å²) in [5, 5.41) is 11.0. The highest BCUT2D eigenvalue weighted by atomic mass is 19.4. The van der Waals surface area contributed by atoms with Crippen molar-refractivity contribution in [2.45, 2.75) is 32.5 Å². The normalized spacial score (nSPS) is 12.5. The molecule has 4 rings (SSSR count). The molecule has 210 valence electrons. The maximum atomic E-state index is 12.9. The maximum Gasteiger partial charge on any atom is 0.490 e. The minimum Gasteiger partial charge on any atom is -0.475 e. The fourth-order valence-corrected chi connectivity index (χ4v) is 3.53. The number of fused-ring (bicyclic) bond motifs is 1. The fraction of sp³-hybridized carbons (Fsp3) is 0.240. The summed E-state index contributed by atoms with van der Waals surface area (Å²) in [7, 11) is 0. The van der Waals surface area contributed by atoms with Crippen LogP contribution >= 0.6 is 0 Å². The highest BCUT2D eigenvalue weighted by molar-refractivity contribution is 5.99. The molecule has 0 bridgehead atoms. The zero-order valence-corrected chi connectivity index (χ0v) is 20.7. The number of halogens is 5. The van der Waals surface area contributed by atoms with E-state index in [-0.39, 0.29) is 18.0 Å². The number of pyridine rings is 1. The maximum absolute atomic E-state index is 12.9. The SMILES string of the molecule is Cc1cc(C#CN2C(=O)CCc3ccccc32)cnc1-n1cnn(CC(CN)=C(F)F)c1=O.O=C(O)C(F)(F)F. The van der Waals surface area contributed by atoms with Gasteiger partial charge in [0, 0.05) is 36.3 Å². The number of hydrogen-bond acceptors (Lipinski definition) is 6. The molecule has 3 N–H and O–H groups in total. The Morgan fingerprint density at radius 2 is 1.85 bits per heavy atom. The topological polar surface area (TPSA) is 136 Å². The van der Waals surface area contributed by atoms with Gasteiger partial charge in [0.05, 0.1) is 12.2 Å². The number of para-hydroxylation sites is 1. The summed E-state index contributed by atoms with van der Waals surface area (Å²) in [6, 6.07) is 12.3. The summed E-state index contributed by atoms with van der Waals surface area (Å²) in [6.07, 6.45) is -3.23. The van der Waals surface area contributed by atoms with Crippen LogP contribution in [0.25, 0.3) is 5.82 Å². The van der Waals surface area contributed by atoms with Gasteiger partial charge >= 0.3 is 17.8 Å². The van der Waals surface area contributed by atoms with E-state index in [1.54, 1.807) is 13.0 Å². The molecule has 0 fully saturated rings. The number of carbonyl (C=O) groups is 2. The number of aliphatic carboxylic acids is 1. The summed E-state index contributed by atoms with van der Waals surface area (Å²) in [5.74, 6) is 0.424. The number of rotatable bonds is 4. The van der Waals surface area contributed by atoms with Crippen molar-refractivity contribution < 1.29 is 36.6 Å². The van der Waals surface area contributed by atoms with Gasteiger partial charge in [0.25, 0.3) is 6.08 Å². The molecule has 0 unspecified atom stereocenters. The second-order valence-electron chi connectivity index (χ2n) is 8.27. The first kappa shape index (κ1) is 29.7. The van der Waals surface area contributed by atoms with E-state index >= 15 is 0 Å². The number of carbonyl (C=O) groups excluding carboxylic acids is 1. The summed E-state index contributed by atoms with van der Waals surface area (Å²) in [4.78, 5) is 39.6. The largest absolute Gasteiger partial charge is 0.490 e. The van der Waals surface area contributed by atoms with Gasteiger partial charge in [0.15, 0.2) is 0 Å². The Kier molecular flexibility index (Phi) is 9.17. The van der Waals surface area contributed by atoms with Crippen LogP contribution in [0, 0.1) is 18.9 Å². The highest BCUT2D eigenvalue weighted by Gasteiger charge is 2.38. The zero-order chi connectivity index (χ0) is 29.6. The van der Waals surface area contributed by atoms with Gasteiger partial charge < -0.3 is 10.8 Å². The zero-order valence-electron chi connectivity index (χ0n) is 20.7. The lowest BCUT2D eigenvalue weighted by molar-refractivity contribution is -0.192. The molecule has 3 aromatic rings. The van der Waals surface area contributed by atoms with Crippen molar-refractivity contribution in [1.82, 2.24) is 19.3 Å². The molecule has 2 aromatic heterocycles. The number of carboxylic acid groups (broad SMARTS) is 1. The number of anilines is 1. The van der Waals surface area contributed by atoms with Gasteiger partial charge in [-0.15, -0.1) is 0 Å². The van der Waals surface area contributed by atoms with Gasteiger partial charge in [0.1, 0.15) is 12.1 Å². The smallest absolute Gasteiger partial charge is 0.475 e. The van der Waals surface area contributed by atoms with Crippen LogP contribution in [0.15, 0.2) is 59.3 Å². The summed E-state index contributed by atoms with van der Waals surface area (Å²) >= 11 is 0. The monoisotopic (exact) mass is 564 g/mol. The van der Waals surface area contributed by atoms with E-state index < -0.39 is 30.5 Å². The van der Waals surface area contributed by atoms with E-state index in [0.29, 0.717) is 29.8 Å². The molecule has 0 aliphatic carbocycles. The average Bonchev–Trinajstić information content (AvgIpc) is 3.25. The summed E-state index contributed by atoms with van der Waals surface area (Å²) in [5.41, 5.74) is 7.34. The Morgan fingerprint density at radius 3 is 2.45 bits per heavy atom. The molecule has 0 spiro atoms. The molecule has 1 aliphatic rings. The van der Waals surface area contributed by atoms with Crippen LogP contribution in [0.1, 0.15) is 23.1 Å². The van der Waals surface area contributed by atoms with Crippen molar-refractivity contribution in [3.05, 3.63) is 81.7 Å². The molecule has 40 heavy (non-hydrogen) atoms. The molecule has 1 aromatic carbocycles. The van der Waals surface area contributed by atoms with E-state index in [1.165, 1.54) is 22.0 Å². The quantitative estimate of drug-likeness (QED) is 0.367. The predicted octanol–water partition coefficient (Wildman–Crippen LogP) is 2.77. The number of benzene rings is 1. The van der Waals surface area contributed by atoms with Crippen LogP contribution in [0.2, 0.25) is 0 Å². The molecule has 1 amide bonds. The Balaban J connectivity index is 0.000000559. The van der Waals surface area contributed by atoms with Gasteiger partial charge in [-0.2, -0.15) is 27.1 Å². The molecular formula is C25H21F5N6O4. The van der Waals surface area contributed by atoms with Crippen LogP contribution in [0.3, 0.4) is 0 Å². The van der Waals surface area contributed by atoms with Gasteiger partial charge in [-0.1, -0.05) is 18.2 Å². The number of nitrogens with zero attached hydrogens (tertiary/aromatic N) is 5. The number of carboxylic acids is 1. The third-order valence-electron chi connectivity index (χ3n) is 5.51. The van der Waals surface area contributed by atoms with Crippen molar-refractivity contribution >= 4 is 17.6 Å². The van der Waals surface area contributed by atoms with E-state index in [1.807, 2.05) is 24.3 Å². The third-order valence-corrected chi connectivity index (χ3v) is 5.51. The summed E-state index contributed by atoms with van der Waals surface area (Å²) < 4.78 is 59.5. The lowest BCUT2D eigenvalue weighted by Gasteiger charge is -2.23. The molecule has 0 atom stereocenters. The Labute approximate surface area is 223 Å². The molecule has 0 radical (unpaired) electrons. The van der Waals surface area contributed by atoms with Crippen molar-refractivity contribution in [3.8, 4) is 17.8 Å². The first-order valence-corrected chi connectivity index (χ1v) is 11.4. The molecular weight excluding hydrogens is 543 g/mol. The minimum absolute atomic E-state index is 0.0721. The van der Waals surface area contributed by atoms with Crippen LogP contribution < -0.4 is 16.3 Å². The van der Waals surface area contributed by atoms with Crippen LogP contribution in [-0.2, 0) is 22.6 Å². The number of amides is 1. The van der Waals surface area contributed by atoms with Crippen molar-refractivity contribution in [1.29, 1.82) is 0 Å². The fourth-order valence-electron chi connectivity index (χ4n) is 3.53. The highest BCUT2D eigenvalue weighted by Crippen LogP contribution is 2.26. The van der Waals surface area contributed by atoms with E-state index in [4.69, 9.17) is 15.6 Å². The first-order chi connectivity index (χ1) is 18.8. The lowest BCUT2D eigenvalue weighted by atomic mass is 10.0. The van der Waals surface area contributed by atoms with Crippen molar-refractivity contribution in [2.24, 2.45) is 5.73 Å². The van der Waals surface area contributed by atoms with Gasteiger partial charge in [-0.3, -0.25) is 4.79 Å². The second kappa shape index (κ2) is 12.3. The molecule has 0 saturated carbocycles. The van der Waals surface area contributed by atoms with Crippen LogP contribution in [-0.4, -0.2) is 49.0 Å². The van der Waals surface area contributed by atoms with Gasteiger partial charge in [-0.05, 0) is 42.5 Å². The number of aromatic nitrogens is 4. The number of alkyl halides is 3. The molecule has 0 saturated heterocycles. The lowest BCUT2D eigenvalue weighted by Crippen LogP contribution is -2.30. The van der Waals surface area contributed by atoms with Gasteiger partial charge in [-0.25, -0.2) is 28.7 Å². The number of nitrogens with two attached hydrogens (primary N) is 1. The summed E-state index contributed by atoms with van der Waals surface area (Å²) in [6.45, 7) is 0.958. The standard InChI is InChI=1S/C23H20F2N6O2.C2HF3O2/c1-15-10-16(8-9-29-19-5-3-2-4-17(19)6-7-20(29)32)12-27-22(15)30-14-28-31(23(30)33)13-18(11-26)21(24)25;3-2(4,5)1(6)7/h2-5,10,12,14H,6-7,11,13,26H2,1H3;(H,6,7). The van der Waals surface area contributed by atoms with E-state index in [0.717, 1.165) is 15.9 Å². The Morgan fingerprint density at radius 1 is 1.18 bits per heavy atom. The van der Waals surface area contributed by atoms with E-state index in [2.05, 4.69) is 22.0 Å². The third kappa shape index (κ3) is 6.97. The second-order valence-corrected chi connectivity index (χ2v) is 8.27. The van der Waals surface area contributed by atoms with Gasteiger partial charge in [0.2, 0.25) is 5.91 Å². The Hall–Kier alpha value is -4.84. The first-order valence-electron chi connectivity index (χ1n) is 11.4. The molecule has 3 heterocycles. The number of aryl methyl sites for hydroxylation is 2. The average molecular weight is 564 g/mol. The van der Waals surface area contributed by atoms with Crippen LogP contribution in [0.4, 0.5) is 27.6 Å². The Bertz CT molecular complexity index is 1580. The minimum atomic E-state index is -5.08. The van der Waals surface area contributed by atoms with Crippen LogP contribution in [0.5, 0.6) is 0 Å². The molecule has 15 heteroatoms.